The molecule has 0 radical (unpaired) electrons. The molecule has 7 heteroatoms. The molecule has 146 valence electrons. The quantitative estimate of drug-likeness (QED) is 0.528. The molecule has 0 fully saturated rings. The number of fused-ring (bicyclic) bond motifs is 1. The lowest BCUT2D eigenvalue weighted by Crippen LogP contribution is -2.04. The number of carboxylic acid groups (broad SMARTS) is 1. The summed E-state index contributed by atoms with van der Waals surface area (Å²) in [5, 5.41) is 9.09. The first kappa shape index (κ1) is 18.5. The van der Waals surface area contributed by atoms with Gasteiger partial charge in [-0.1, -0.05) is 6.07 Å². The highest BCUT2D eigenvalue weighted by Gasteiger charge is 2.11. The third kappa shape index (κ3) is 4.03. The third-order valence-electron chi connectivity index (χ3n) is 4.48. The number of imidazole rings is 1. The molecule has 0 aliphatic rings. The van der Waals surface area contributed by atoms with Gasteiger partial charge >= 0.3 is 5.97 Å². The predicted molar refractivity (Wildman–Crippen MR) is 107 cm³/mol. The van der Waals surface area contributed by atoms with E-state index in [0.717, 1.165) is 22.4 Å². The van der Waals surface area contributed by atoms with E-state index in [1.807, 2.05) is 42.8 Å². The molecule has 0 amide bonds. The van der Waals surface area contributed by atoms with Gasteiger partial charge in [0.15, 0.2) is 0 Å². The van der Waals surface area contributed by atoms with Crippen LogP contribution in [0.25, 0.3) is 11.0 Å². The van der Waals surface area contributed by atoms with Gasteiger partial charge in [0.2, 0.25) is 0 Å². The monoisotopic (exact) mass is 389 g/mol. The maximum atomic E-state index is 11.1. The molecule has 0 unspecified atom stereocenters. The van der Waals surface area contributed by atoms with Gasteiger partial charge in [0.1, 0.15) is 29.7 Å². The lowest BCUT2D eigenvalue weighted by Gasteiger charge is -2.08. The Morgan fingerprint density at radius 2 is 1.93 bits per heavy atom. The fraction of sp³-hybridized carbons (Fsp3) is 0.136. The number of benzene rings is 2. The van der Waals surface area contributed by atoms with E-state index >= 15 is 0 Å². The van der Waals surface area contributed by atoms with Gasteiger partial charge < -0.3 is 19.1 Å². The zero-order valence-electron chi connectivity index (χ0n) is 16.0. The van der Waals surface area contributed by atoms with Gasteiger partial charge in [-0.25, -0.2) is 9.78 Å². The summed E-state index contributed by atoms with van der Waals surface area (Å²) in [7, 11) is 1.90. The zero-order valence-corrected chi connectivity index (χ0v) is 16.0. The smallest absolute Gasteiger partial charge is 0.335 e. The molecule has 7 nitrogen and oxygen atoms in total. The number of carboxylic acids is 1. The molecule has 0 atom stereocenters. The summed E-state index contributed by atoms with van der Waals surface area (Å²) in [5.74, 6) is 1.57. The van der Waals surface area contributed by atoms with Crippen LogP contribution in [-0.4, -0.2) is 25.6 Å². The lowest BCUT2D eigenvalue weighted by atomic mass is 10.2. The first-order valence-electron chi connectivity index (χ1n) is 9.00. The van der Waals surface area contributed by atoms with Crippen molar-refractivity contribution in [2.24, 2.45) is 7.05 Å². The normalized spacial score (nSPS) is 10.8. The molecule has 0 saturated carbocycles. The van der Waals surface area contributed by atoms with Gasteiger partial charge in [0.05, 0.1) is 22.8 Å². The Morgan fingerprint density at radius 3 is 2.72 bits per heavy atom. The maximum Gasteiger partial charge on any atom is 0.335 e. The second-order valence-corrected chi connectivity index (χ2v) is 6.66. The summed E-state index contributed by atoms with van der Waals surface area (Å²) in [6, 6.07) is 14.0. The average Bonchev–Trinajstić information content (AvgIpc) is 3.02. The van der Waals surface area contributed by atoms with E-state index in [1.165, 1.54) is 12.1 Å². The van der Waals surface area contributed by atoms with Gasteiger partial charge in [-0.05, 0) is 48.9 Å². The fourth-order valence-electron chi connectivity index (χ4n) is 3.00. The number of hydrogen-bond donors (Lipinski definition) is 1. The minimum Gasteiger partial charge on any atom is -0.486 e. The Kier molecular flexibility index (Phi) is 4.87. The van der Waals surface area contributed by atoms with Gasteiger partial charge in [0.25, 0.3) is 0 Å². The van der Waals surface area contributed by atoms with E-state index in [-0.39, 0.29) is 12.2 Å². The largest absolute Gasteiger partial charge is 0.486 e. The minimum atomic E-state index is -0.991. The van der Waals surface area contributed by atoms with Crippen LogP contribution in [-0.2, 0) is 13.7 Å². The van der Waals surface area contributed by atoms with Crippen LogP contribution >= 0.6 is 0 Å². The van der Waals surface area contributed by atoms with Crippen LogP contribution in [0.15, 0.2) is 60.9 Å². The molecule has 2 heterocycles. The molecule has 2 aromatic carbocycles. The summed E-state index contributed by atoms with van der Waals surface area (Å²) >= 11 is 0. The van der Waals surface area contributed by atoms with Crippen molar-refractivity contribution < 1.29 is 19.4 Å². The summed E-state index contributed by atoms with van der Waals surface area (Å²) in [4.78, 5) is 19.8. The molecule has 0 spiro atoms. The molecular weight excluding hydrogens is 370 g/mol. The fourth-order valence-corrected chi connectivity index (χ4v) is 3.00. The summed E-state index contributed by atoms with van der Waals surface area (Å²) < 4.78 is 13.6. The minimum absolute atomic E-state index is 0.180. The number of aryl methyl sites for hydroxylation is 2. The zero-order chi connectivity index (χ0) is 20.4. The number of ether oxygens (including phenoxy) is 2. The van der Waals surface area contributed by atoms with E-state index in [1.54, 1.807) is 24.5 Å². The number of carbonyl (C=O) groups is 1. The first-order chi connectivity index (χ1) is 14.0. The number of aromatic nitrogens is 3. The molecule has 4 rings (SSSR count). The Balaban J connectivity index is 1.54. The van der Waals surface area contributed by atoms with Crippen molar-refractivity contribution in [2.45, 2.75) is 13.5 Å². The number of nitrogens with zero attached hydrogens (tertiary/aromatic N) is 3. The average molecular weight is 389 g/mol. The second-order valence-electron chi connectivity index (χ2n) is 6.66. The van der Waals surface area contributed by atoms with Crippen LogP contribution in [0.1, 0.15) is 21.7 Å². The van der Waals surface area contributed by atoms with Gasteiger partial charge in [-0.15, -0.1) is 0 Å². The van der Waals surface area contributed by atoms with Crippen molar-refractivity contribution in [3.63, 3.8) is 0 Å². The predicted octanol–water partition coefficient (Wildman–Crippen LogP) is 4.35. The first-order valence-corrected chi connectivity index (χ1v) is 9.00. The highest BCUT2D eigenvalue weighted by atomic mass is 16.5. The van der Waals surface area contributed by atoms with Crippen LogP contribution in [0, 0.1) is 6.92 Å². The van der Waals surface area contributed by atoms with Gasteiger partial charge in [0, 0.05) is 19.3 Å². The van der Waals surface area contributed by atoms with Crippen molar-refractivity contribution in [3.8, 4) is 17.2 Å². The van der Waals surface area contributed by atoms with E-state index in [9.17, 15) is 4.79 Å². The Morgan fingerprint density at radius 1 is 1.07 bits per heavy atom. The van der Waals surface area contributed by atoms with E-state index in [0.29, 0.717) is 17.2 Å². The Labute approximate surface area is 167 Å². The molecule has 0 aliphatic carbocycles. The second kappa shape index (κ2) is 7.63. The van der Waals surface area contributed by atoms with Crippen molar-refractivity contribution >= 4 is 17.0 Å². The van der Waals surface area contributed by atoms with Crippen molar-refractivity contribution in [1.82, 2.24) is 14.5 Å². The highest BCUT2D eigenvalue weighted by Crippen LogP contribution is 2.26. The molecule has 0 saturated heterocycles. The summed E-state index contributed by atoms with van der Waals surface area (Å²) in [6.07, 6.45) is 3.44. The van der Waals surface area contributed by atoms with Crippen molar-refractivity contribution in [3.05, 3.63) is 77.9 Å². The standard InChI is InChI=1S/C22H19N3O4/c1-14-8-18(12-23-11-14)29-17-6-7-19-20(10-17)25(2)21(24-19)13-28-16-5-3-4-15(9-16)22(26)27/h3-12H,13H2,1-2H3,(H,26,27). The number of aromatic carboxylic acids is 1. The number of hydrogen-bond acceptors (Lipinski definition) is 5. The summed E-state index contributed by atoms with van der Waals surface area (Å²) in [5.41, 5.74) is 2.93. The molecule has 1 N–H and O–H groups in total. The lowest BCUT2D eigenvalue weighted by molar-refractivity contribution is 0.0696. The van der Waals surface area contributed by atoms with Gasteiger partial charge in [-0.2, -0.15) is 0 Å². The molecule has 0 aliphatic heterocycles. The van der Waals surface area contributed by atoms with E-state index in [4.69, 9.17) is 14.6 Å². The van der Waals surface area contributed by atoms with Crippen LogP contribution in [0.2, 0.25) is 0 Å². The Bertz CT molecular complexity index is 1200. The number of pyridine rings is 1. The van der Waals surface area contributed by atoms with Crippen molar-refractivity contribution in [2.75, 3.05) is 0 Å². The maximum absolute atomic E-state index is 11.1. The topological polar surface area (TPSA) is 86.5 Å². The highest BCUT2D eigenvalue weighted by molar-refractivity contribution is 5.88. The van der Waals surface area contributed by atoms with Crippen LogP contribution < -0.4 is 9.47 Å². The SMILES string of the molecule is Cc1cncc(Oc2ccc3nc(COc4cccc(C(=O)O)c4)n(C)c3c2)c1. The number of rotatable bonds is 6. The van der Waals surface area contributed by atoms with Crippen molar-refractivity contribution in [1.29, 1.82) is 0 Å². The molecule has 0 bridgehead atoms. The third-order valence-corrected chi connectivity index (χ3v) is 4.48. The molecule has 4 aromatic rings. The Hall–Kier alpha value is -3.87. The van der Waals surface area contributed by atoms with Crippen LogP contribution in [0.3, 0.4) is 0 Å². The van der Waals surface area contributed by atoms with Crippen LogP contribution in [0.5, 0.6) is 17.2 Å². The van der Waals surface area contributed by atoms with Crippen LogP contribution in [0.4, 0.5) is 0 Å². The molecule has 29 heavy (non-hydrogen) atoms. The molecular formula is C22H19N3O4. The van der Waals surface area contributed by atoms with Gasteiger partial charge in [-0.3, -0.25) is 4.98 Å². The molecule has 2 aromatic heterocycles. The van der Waals surface area contributed by atoms with E-state index < -0.39 is 5.97 Å². The van der Waals surface area contributed by atoms with E-state index in [2.05, 4.69) is 9.97 Å². The summed E-state index contributed by atoms with van der Waals surface area (Å²) in [6.45, 7) is 2.18.